The first-order valence-corrected chi connectivity index (χ1v) is 9.95. The number of carbonyl (C=O) groups is 1. The first kappa shape index (κ1) is 19.8. The number of carboxylic acid groups (broad SMARTS) is 1. The van der Waals surface area contributed by atoms with Crippen molar-refractivity contribution in [1.29, 1.82) is 0 Å². The van der Waals surface area contributed by atoms with Crippen LogP contribution in [0.15, 0.2) is 60.9 Å². The molecule has 154 valence electrons. The van der Waals surface area contributed by atoms with Crippen molar-refractivity contribution in [3.05, 3.63) is 72.1 Å². The standard InChI is InChI=1S/C24H24N2O4/c1-29-22-9-6-18(11-23(22)30-15-16-4-5-16)21-12-19(7-8-20(21)24(27)28)26-14-17-3-2-10-25-13-17/h2-3,6-13,16,26H,4-5,14-15H2,1H3,(H,27,28). The Morgan fingerprint density at radius 3 is 2.73 bits per heavy atom. The smallest absolute Gasteiger partial charge is 0.336 e. The van der Waals surface area contributed by atoms with Crippen LogP contribution in [-0.4, -0.2) is 29.8 Å². The summed E-state index contributed by atoms with van der Waals surface area (Å²) in [4.78, 5) is 15.9. The Balaban J connectivity index is 1.63. The number of benzene rings is 2. The molecular formula is C24H24N2O4. The Hall–Kier alpha value is -3.54. The van der Waals surface area contributed by atoms with E-state index in [0.717, 1.165) is 16.8 Å². The van der Waals surface area contributed by atoms with Crippen LogP contribution in [0.3, 0.4) is 0 Å². The fraction of sp³-hybridized carbons (Fsp3) is 0.250. The molecule has 0 spiro atoms. The van der Waals surface area contributed by atoms with E-state index >= 15 is 0 Å². The summed E-state index contributed by atoms with van der Waals surface area (Å²) < 4.78 is 11.4. The van der Waals surface area contributed by atoms with E-state index < -0.39 is 5.97 Å². The summed E-state index contributed by atoms with van der Waals surface area (Å²) in [6, 6.07) is 14.7. The molecule has 1 aromatic heterocycles. The highest BCUT2D eigenvalue weighted by Crippen LogP contribution is 2.37. The van der Waals surface area contributed by atoms with Crippen molar-refractivity contribution < 1.29 is 19.4 Å². The molecule has 0 saturated heterocycles. The van der Waals surface area contributed by atoms with Crippen LogP contribution in [0.1, 0.15) is 28.8 Å². The van der Waals surface area contributed by atoms with Gasteiger partial charge in [-0.3, -0.25) is 4.98 Å². The number of hydrogen-bond acceptors (Lipinski definition) is 5. The molecule has 6 nitrogen and oxygen atoms in total. The highest BCUT2D eigenvalue weighted by atomic mass is 16.5. The number of nitrogens with zero attached hydrogens (tertiary/aromatic N) is 1. The number of carboxylic acids is 1. The van der Waals surface area contributed by atoms with Crippen LogP contribution < -0.4 is 14.8 Å². The number of methoxy groups -OCH3 is 1. The van der Waals surface area contributed by atoms with Crippen LogP contribution in [0.25, 0.3) is 11.1 Å². The molecule has 0 bridgehead atoms. The SMILES string of the molecule is COc1ccc(-c2cc(NCc3cccnc3)ccc2C(=O)O)cc1OCC1CC1. The topological polar surface area (TPSA) is 80.7 Å². The van der Waals surface area contributed by atoms with Gasteiger partial charge in [-0.1, -0.05) is 12.1 Å². The Morgan fingerprint density at radius 2 is 2.03 bits per heavy atom. The van der Waals surface area contributed by atoms with Crippen molar-refractivity contribution in [2.75, 3.05) is 19.0 Å². The first-order valence-electron chi connectivity index (χ1n) is 9.95. The van der Waals surface area contributed by atoms with Gasteiger partial charge in [-0.25, -0.2) is 4.79 Å². The molecule has 2 N–H and O–H groups in total. The molecule has 0 atom stereocenters. The molecule has 4 rings (SSSR count). The molecule has 1 fully saturated rings. The van der Waals surface area contributed by atoms with E-state index in [2.05, 4.69) is 10.3 Å². The zero-order valence-electron chi connectivity index (χ0n) is 16.8. The molecule has 1 heterocycles. The van der Waals surface area contributed by atoms with Gasteiger partial charge in [0, 0.05) is 24.6 Å². The summed E-state index contributed by atoms with van der Waals surface area (Å²) in [5.74, 6) is 0.905. The third-order valence-corrected chi connectivity index (χ3v) is 5.12. The molecular weight excluding hydrogens is 380 g/mol. The van der Waals surface area contributed by atoms with Crippen LogP contribution in [-0.2, 0) is 6.54 Å². The van der Waals surface area contributed by atoms with Gasteiger partial charge in [0.05, 0.1) is 19.3 Å². The fourth-order valence-corrected chi connectivity index (χ4v) is 3.24. The maximum absolute atomic E-state index is 11.8. The van der Waals surface area contributed by atoms with Gasteiger partial charge >= 0.3 is 5.97 Å². The zero-order chi connectivity index (χ0) is 20.9. The monoisotopic (exact) mass is 404 g/mol. The number of hydrogen-bond donors (Lipinski definition) is 2. The van der Waals surface area contributed by atoms with Gasteiger partial charge in [0.2, 0.25) is 0 Å². The van der Waals surface area contributed by atoms with Crippen LogP contribution >= 0.6 is 0 Å². The number of aromatic carboxylic acids is 1. The molecule has 1 saturated carbocycles. The molecule has 30 heavy (non-hydrogen) atoms. The lowest BCUT2D eigenvalue weighted by atomic mass is 9.98. The van der Waals surface area contributed by atoms with Crippen molar-refractivity contribution in [3.8, 4) is 22.6 Å². The van der Waals surface area contributed by atoms with Gasteiger partial charge in [-0.05, 0) is 71.8 Å². The van der Waals surface area contributed by atoms with Crippen molar-refractivity contribution in [2.45, 2.75) is 19.4 Å². The van der Waals surface area contributed by atoms with Crippen LogP contribution in [0.2, 0.25) is 0 Å². The minimum Gasteiger partial charge on any atom is -0.493 e. The Labute approximate surface area is 175 Å². The molecule has 2 aromatic carbocycles. The Morgan fingerprint density at radius 1 is 1.17 bits per heavy atom. The van der Waals surface area contributed by atoms with Crippen LogP contribution in [0.4, 0.5) is 5.69 Å². The normalized spacial score (nSPS) is 13.0. The largest absolute Gasteiger partial charge is 0.493 e. The third kappa shape index (κ3) is 4.71. The Kier molecular flexibility index (Phi) is 5.84. The quantitative estimate of drug-likeness (QED) is 0.530. The molecule has 0 radical (unpaired) electrons. The lowest BCUT2D eigenvalue weighted by Gasteiger charge is -2.15. The zero-order valence-corrected chi connectivity index (χ0v) is 16.8. The number of aromatic nitrogens is 1. The maximum Gasteiger partial charge on any atom is 0.336 e. The van der Waals surface area contributed by atoms with Gasteiger partial charge in [-0.2, -0.15) is 0 Å². The number of pyridine rings is 1. The average molecular weight is 404 g/mol. The van der Waals surface area contributed by atoms with E-state index in [0.29, 0.717) is 36.1 Å². The van der Waals surface area contributed by atoms with Crippen molar-refractivity contribution in [2.24, 2.45) is 5.92 Å². The van der Waals surface area contributed by atoms with Crippen molar-refractivity contribution in [3.63, 3.8) is 0 Å². The summed E-state index contributed by atoms with van der Waals surface area (Å²) >= 11 is 0. The van der Waals surface area contributed by atoms with E-state index in [9.17, 15) is 9.90 Å². The average Bonchev–Trinajstić information content (AvgIpc) is 3.61. The van der Waals surface area contributed by atoms with Gasteiger partial charge in [0.1, 0.15) is 0 Å². The second-order valence-electron chi connectivity index (χ2n) is 7.40. The predicted octanol–water partition coefficient (Wildman–Crippen LogP) is 4.86. The summed E-state index contributed by atoms with van der Waals surface area (Å²) in [5.41, 5.74) is 3.50. The summed E-state index contributed by atoms with van der Waals surface area (Å²) in [6.45, 7) is 1.25. The van der Waals surface area contributed by atoms with E-state index in [4.69, 9.17) is 9.47 Å². The van der Waals surface area contributed by atoms with Gasteiger partial charge in [-0.15, -0.1) is 0 Å². The highest BCUT2D eigenvalue weighted by Gasteiger charge is 2.23. The van der Waals surface area contributed by atoms with Crippen molar-refractivity contribution in [1.82, 2.24) is 4.98 Å². The van der Waals surface area contributed by atoms with Gasteiger partial charge in [0.15, 0.2) is 11.5 Å². The van der Waals surface area contributed by atoms with Crippen molar-refractivity contribution >= 4 is 11.7 Å². The second kappa shape index (κ2) is 8.86. The molecule has 0 unspecified atom stereocenters. The molecule has 1 aliphatic rings. The second-order valence-corrected chi connectivity index (χ2v) is 7.40. The highest BCUT2D eigenvalue weighted by molar-refractivity contribution is 5.97. The van der Waals surface area contributed by atoms with Crippen LogP contribution in [0, 0.1) is 5.92 Å². The van der Waals surface area contributed by atoms with E-state index in [-0.39, 0.29) is 5.56 Å². The number of nitrogens with one attached hydrogen (secondary N) is 1. The Bertz CT molecular complexity index is 1030. The predicted molar refractivity (Wildman–Crippen MR) is 115 cm³/mol. The lowest BCUT2D eigenvalue weighted by molar-refractivity contribution is 0.0697. The van der Waals surface area contributed by atoms with E-state index in [1.807, 2.05) is 36.4 Å². The minimum absolute atomic E-state index is 0.236. The third-order valence-electron chi connectivity index (χ3n) is 5.12. The minimum atomic E-state index is -0.972. The number of anilines is 1. The first-order chi connectivity index (χ1) is 14.6. The molecule has 3 aromatic rings. The summed E-state index contributed by atoms with van der Waals surface area (Å²) in [7, 11) is 1.60. The molecule has 0 amide bonds. The lowest BCUT2D eigenvalue weighted by Crippen LogP contribution is -2.04. The summed E-state index contributed by atoms with van der Waals surface area (Å²) in [6.07, 6.45) is 5.91. The molecule has 1 aliphatic carbocycles. The van der Waals surface area contributed by atoms with E-state index in [1.54, 1.807) is 31.6 Å². The maximum atomic E-state index is 11.8. The summed E-state index contributed by atoms with van der Waals surface area (Å²) in [5, 5.41) is 13.0. The number of ether oxygens (including phenoxy) is 2. The van der Waals surface area contributed by atoms with Crippen LogP contribution in [0.5, 0.6) is 11.5 Å². The van der Waals surface area contributed by atoms with Gasteiger partial charge < -0.3 is 19.9 Å². The molecule has 0 aliphatic heterocycles. The molecule has 6 heteroatoms. The van der Waals surface area contributed by atoms with E-state index in [1.165, 1.54) is 12.8 Å². The van der Waals surface area contributed by atoms with Gasteiger partial charge in [0.25, 0.3) is 0 Å². The number of rotatable bonds is 9. The fourth-order valence-electron chi connectivity index (χ4n) is 3.24.